The highest BCUT2D eigenvalue weighted by atomic mass is 32.3. The highest BCUT2D eigenvalue weighted by molar-refractivity contribution is 8.20. The van der Waals surface area contributed by atoms with Crippen LogP contribution >= 0.6 is 11.2 Å². The average molecular weight is 165 g/mol. The van der Waals surface area contributed by atoms with Gasteiger partial charge in [-0.25, -0.2) is 0 Å². The first-order valence-corrected chi connectivity index (χ1v) is 3.82. The fourth-order valence-corrected chi connectivity index (χ4v) is 0.971. The summed E-state index contributed by atoms with van der Waals surface area (Å²) >= 11 is -5.02. The van der Waals surface area contributed by atoms with Gasteiger partial charge in [0.05, 0.1) is 4.90 Å². The third-order valence-corrected chi connectivity index (χ3v) is 1.76. The predicted octanol–water partition coefficient (Wildman–Crippen LogP) is 3.30. The molecule has 0 saturated carbocycles. The summed E-state index contributed by atoms with van der Waals surface area (Å²) in [6.07, 6.45) is 0. The van der Waals surface area contributed by atoms with E-state index < -0.39 is 16.1 Å². The topological polar surface area (TPSA) is 0 Å². The minimum absolute atomic E-state index is 0.550. The fourth-order valence-electron chi connectivity index (χ4n) is 0.526. The Balaban J connectivity index is 2.97. The van der Waals surface area contributed by atoms with Crippen LogP contribution in [0.2, 0.25) is 0 Å². The molecular weight excluding hydrogens is 161 g/mol. The molecule has 0 unspecified atom stereocenters. The van der Waals surface area contributed by atoms with Crippen LogP contribution in [0.5, 0.6) is 0 Å². The second-order valence-corrected chi connectivity index (χ2v) is 2.93. The Bertz CT molecular complexity index is 204. The Morgan fingerprint density at radius 1 is 1.10 bits per heavy atom. The predicted molar refractivity (Wildman–Crippen MR) is 34.5 cm³/mol. The van der Waals surface area contributed by atoms with Crippen molar-refractivity contribution in [3.63, 3.8) is 0 Å². The summed E-state index contributed by atoms with van der Waals surface area (Å²) in [6, 6.07) is 7.08. The Hall–Kier alpha value is -0.640. The molecular formula is C6H4F3S. The summed E-state index contributed by atoms with van der Waals surface area (Å²) in [6.45, 7) is 0. The zero-order valence-corrected chi connectivity index (χ0v) is 5.67. The van der Waals surface area contributed by atoms with Crippen LogP contribution in [-0.2, 0) is 0 Å². The van der Waals surface area contributed by atoms with Crippen molar-refractivity contribution in [3.8, 4) is 0 Å². The lowest BCUT2D eigenvalue weighted by atomic mass is 10.4. The molecule has 0 aliphatic heterocycles. The minimum Gasteiger partial charge on any atom is -0.120 e. The molecule has 0 aliphatic carbocycles. The van der Waals surface area contributed by atoms with Crippen molar-refractivity contribution >= 4 is 11.2 Å². The van der Waals surface area contributed by atoms with Crippen LogP contribution in [0.1, 0.15) is 0 Å². The van der Waals surface area contributed by atoms with Gasteiger partial charge in [0.25, 0.3) is 0 Å². The second-order valence-electron chi connectivity index (χ2n) is 1.64. The lowest BCUT2D eigenvalue weighted by molar-refractivity contribution is 0.633. The van der Waals surface area contributed by atoms with Crippen molar-refractivity contribution in [1.82, 2.24) is 0 Å². The highest BCUT2D eigenvalue weighted by Crippen LogP contribution is 2.60. The fraction of sp³-hybridized carbons (Fsp3) is 0. The van der Waals surface area contributed by atoms with E-state index in [9.17, 15) is 11.7 Å². The molecule has 1 radical (unpaired) electrons. The Labute approximate surface area is 58.9 Å². The maximum atomic E-state index is 11.9. The smallest absolute Gasteiger partial charge is 0.120 e. The highest BCUT2D eigenvalue weighted by Gasteiger charge is 2.22. The van der Waals surface area contributed by atoms with Crippen molar-refractivity contribution < 1.29 is 11.7 Å². The largest absolute Gasteiger partial charge is 0.237 e. The summed E-state index contributed by atoms with van der Waals surface area (Å²) < 4.78 is 35.6. The molecule has 10 heavy (non-hydrogen) atoms. The van der Waals surface area contributed by atoms with E-state index in [0.29, 0.717) is 0 Å². The lowest BCUT2D eigenvalue weighted by Gasteiger charge is -2.07. The van der Waals surface area contributed by atoms with Gasteiger partial charge in [0.2, 0.25) is 11.2 Å². The molecule has 0 saturated heterocycles. The van der Waals surface area contributed by atoms with Gasteiger partial charge in [-0.05, 0) is 18.2 Å². The van der Waals surface area contributed by atoms with E-state index in [1.165, 1.54) is 12.1 Å². The standard InChI is InChI=1S/C6H4F3S/c7-10(8,9)6-4-2-1-3-5-6/h2-5H. The molecule has 0 amide bonds. The zero-order chi connectivity index (χ0) is 7.61. The van der Waals surface area contributed by atoms with Gasteiger partial charge in [-0.1, -0.05) is 12.1 Å². The summed E-state index contributed by atoms with van der Waals surface area (Å²) in [5.41, 5.74) is 0. The number of halogens is 3. The molecule has 0 N–H and O–H groups in total. The van der Waals surface area contributed by atoms with Crippen molar-refractivity contribution in [2.45, 2.75) is 4.90 Å². The van der Waals surface area contributed by atoms with Crippen molar-refractivity contribution in [1.29, 1.82) is 0 Å². The summed E-state index contributed by atoms with van der Waals surface area (Å²) in [5.74, 6) is 0. The van der Waals surface area contributed by atoms with Gasteiger partial charge >= 0.3 is 0 Å². The van der Waals surface area contributed by atoms with Gasteiger partial charge in [0.15, 0.2) is 0 Å². The summed E-state index contributed by atoms with van der Waals surface area (Å²) in [7, 11) is 0. The van der Waals surface area contributed by atoms with Crippen LogP contribution in [-0.4, -0.2) is 0 Å². The van der Waals surface area contributed by atoms with Crippen LogP contribution in [0.15, 0.2) is 29.2 Å². The van der Waals surface area contributed by atoms with Gasteiger partial charge < -0.3 is 0 Å². The third kappa shape index (κ3) is 1.67. The van der Waals surface area contributed by atoms with Crippen molar-refractivity contribution in [2.24, 2.45) is 0 Å². The molecule has 4 heteroatoms. The number of hydrogen-bond donors (Lipinski definition) is 0. The SMILES string of the molecule is FS(F)(F)c1cc[c]cc1. The number of rotatable bonds is 1. The van der Waals surface area contributed by atoms with Crippen LogP contribution in [0, 0.1) is 6.07 Å². The molecule has 1 aromatic rings. The Morgan fingerprint density at radius 2 is 1.60 bits per heavy atom. The van der Waals surface area contributed by atoms with Gasteiger partial charge in [-0.3, -0.25) is 0 Å². The summed E-state index contributed by atoms with van der Waals surface area (Å²) in [4.78, 5) is -0.550. The maximum Gasteiger partial charge on any atom is 0.237 e. The lowest BCUT2D eigenvalue weighted by Crippen LogP contribution is -1.76. The van der Waals surface area contributed by atoms with E-state index in [1.807, 2.05) is 0 Å². The molecule has 1 aromatic carbocycles. The molecule has 0 spiro atoms. The van der Waals surface area contributed by atoms with E-state index in [1.54, 1.807) is 0 Å². The van der Waals surface area contributed by atoms with Crippen LogP contribution in [0.3, 0.4) is 0 Å². The van der Waals surface area contributed by atoms with E-state index in [4.69, 9.17) is 0 Å². The molecule has 0 bridgehead atoms. The normalized spacial score (nSPS) is 13.1. The second kappa shape index (κ2) is 2.54. The first kappa shape index (κ1) is 7.47. The van der Waals surface area contributed by atoms with E-state index in [2.05, 4.69) is 6.07 Å². The molecule has 0 nitrogen and oxygen atoms in total. The van der Waals surface area contributed by atoms with Crippen molar-refractivity contribution in [3.05, 3.63) is 30.3 Å². The maximum absolute atomic E-state index is 11.9. The van der Waals surface area contributed by atoms with E-state index in [0.717, 1.165) is 12.1 Å². The quantitative estimate of drug-likeness (QED) is 0.598. The van der Waals surface area contributed by atoms with Gasteiger partial charge in [-0.15, -0.1) is 11.7 Å². The average Bonchev–Trinajstić information content (AvgIpc) is 1.88. The molecule has 0 aromatic heterocycles. The first-order valence-electron chi connectivity index (χ1n) is 2.49. The Kier molecular flexibility index (Phi) is 1.89. The first-order chi connectivity index (χ1) is 4.61. The minimum atomic E-state index is -5.02. The van der Waals surface area contributed by atoms with Gasteiger partial charge in [0, 0.05) is 0 Å². The Morgan fingerprint density at radius 3 is 1.90 bits per heavy atom. The summed E-state index contributed by atoms with van der Waals surface area (Å²) in [5, 5.41) is 0. The van der Waals surface area contributed by atoms with Gasteiger partial charge in [0.1, 0.15) is 0 Å². The number of hydrogen-bond acceptors (Lipinski definition) is 0. The molecule has 0 aliphatic rings. The number of benzene rings is 1. The van der Waals surface area contributed by atoms with Gasteiger partial charge in [-0.2, -0.15) is 0 Å². The van der Waals surface area contributed by atoms with Crippen LogP contribution in [0.4, 0.5) is 11.7 Å². The molecule has 0 heterocycles. The molecule has 55 valence electrons. The molecule has 1 rings (SSSR count). The van der Waals surface area contributed by atoms with Crippen LogP contribution in [0.25, 0.3) is 0 Å². The van der Waals surface area contributed by atoms with Crippen LogP contribution < -0.4 is 0 Å². The van der Waals surface area contributed by atoms with Crippen molar-refractivity contribution in [2.75, 3.05) is 0 Å². The monoisotopic (exact) mass is 165 g/mol. The molecule has 0 fully saturated rings. The van der Waals surface area contributed by atoms with E-state index in [-0.39, 0.29) is 0 Å². The zero-order valence-electron chi connectivity index (χ0n) is 4.85. The third-order valence-electron chi connectivity index (χ3n) is 0.955. The molecule has 0 atom stereocenters. The van der Waals surface area contributed by atoms with E-state index >= 15 is 0 Å².